The van der Waals surface area contributed by atoms with Crippen molar-refractivity contribution in [2.45, 2.75) is 45.6 Å². The minimum absolute atomic E-state index is 0.121. The minimum Gasteiger partial charge on any atom is -0.324 e. The van der Waals surface area contributed by atoms with Crippen LogP contribution in [0, 0.1) is 6.92 Å². The molecule has 0 spiro atoms. The lowest BCUT2D eigenvalue weighted by Crippen LogP contribution is -2.25. The number of hydrogen-bond acceptors (Lipinski definition) is 5. The molecule has 1 aliphatic rings. The van der Waals surface area contributed by atoms with Crippen molar-refractivity contribution in [3.8, 4) is 0 Å². The number of pyridine rings is 1. The first kappa shape index (κ1) is 21.1. The van der Waals surface area contributed by atoms with E-state index in [4.69, 9.17) is 11.6 Å². The van der Waals surface area contributed by atoms with Crippen LogP contribution in [0.4, 0.5) is 11.6 Å². The molecule has 1 aliphatic carbocycles. The molecule has 8 heteroatoms. The first-order valence-corrected chi connectivity index (χ1v) is 13.0. The zero-order valence-corrected chi connectivity index (χ0v) is 19.1. The Morgan fingerprint density at radius 3 is 2.67 bits per heavy atom. The molecule has 30 heavy (non-hydrogen) atoms. The third-order valence-corrected chi connectivity index (χ3v) is 8.87. The summed E-state index contributed by atoms with van der Waals surface area (Å²) in [5.74, 6) is 0.419. The van der Waals surface area contributed by atoms with E-state index in [1.807, 2.05) is 38.7 Å². The van der Waals surface area contributed by atoms with Crippen molar-refractivity contribution in [3.63, 3.8) is 0 Å². The van der Waals surface area contributed by atoms with Crippen LogP contribution < -0.4 is 16.2 Å². The van der Waals surface area contributed by atoms with Crippen molar-refractivity contribution >= 4 is 46.7 Å². The molecule has 0 bridgehead atoms. The first-order chi connectivity index (χ1) is 14.3. The molecule has 1 fully saturated rings. The highest BCUT2D eigenvalue weighted by Gasteiger charge is 2.22. The lowest BCUT2D eigenvalue weighted by molar-refractivity contribution is 0.516. The summed E-state index contributed by atoms with van der Waals surface area (Å²) in [6.45, 7) is 5.73. The summed E-state index contributed by atoms with van der Waals surface area (Å²) < 4.78 is 14.4. The quantitative estimate of drug-likeness (QED) is 0.544. The highest BCUT2D eigenvalue weighted by molar-refractivity contribution is 7.70. The van der Waals surface area contributed by atoms with E-state index >= 15 is 0 Å². The maximum atomic E-state index is 12.8. The van der Waals surface area contributed by atoms with Crippen LogP contribution in [0.3, 0.4) is 0 Å². The van der Waals surface area contributed by atoms with Gasteiger partial charge in [-0.1, -0.05) is 31.4 Å². The van der Waals surface area contributed by atoms with Gasteiger partial charge in [0.2, 0.25) is 5.95 Å². The SMILES string of the molecule is CCP(C)(=O)c1ccc(Nc2ncc3cc(Cl)c(=O)n(C4CCCC4)c3n2)c(C)c1. The van der Waals surface area contributed by atoms with Crippen molar-refractivity contribution in [3.05, 3.63) is 51.4 Å². The third kappa shape index (κ3) is 3.91. The second kappa shape index (κ2) is 8.16. The van der Waals surface area contributed by atoms with Crippen LogP contribution in [-0.2, 0) is 4.57 Å². The highest BCUT2D eigenvalue weighted by Crippen LogP contribution is 2.40. The monoisotopic (exact) mass is 444 g/mol. The molecule has 6 nitrogen and oxygen atoms in total. The number of benzene rings is 1. The highest BCUT2D eigenvalue weighted by atomic mass is 35.5. The van der Waals surface area contributed by atoms with Crippen molar-refractivity contribution in [1.29, 1.82) is 0 Å². The van der Waals surface area contributed by atoms with Gasteiger partial charge in [-0.3, -0.25) is 9.36 Å². The van der Waals surface area contributed by atoms with Crippen LogP contribution in [0.15, 0.2) is 35.3 Å². The van der Waals surface area contributed by atoms with E-state index in [9.17, 15) is 9.36 Å². The number of halogens is 1. The zero-order chi connectivity index (χ0) is 21.5. The molecule has 2 aromatic heterocycles. The average molecular weight is 445 g/mol. The van der Waals surface area contributed by atoms with Crippen molar-refractivity contribution in [1.82, 2.24) is 14.5 Å². The number of anilines is 2. The molecular weight excluding hydrogens is 419 g/mol. The zero-order valence-electron chi connectivity index (χ0n) is 17.5. The molecule has 0 saturated heterocycles. The van der Waals surface area contributed by atoms with Gasteiger partial charge in [-0.25, -0.2) is 4.98 Å². The van der Waals surface area contributed by atoms with Crippen LogP contribution >= 0.6 is 18.7 Å². The van der Waals surface area contributed by atoms with Gasteiger partial charge in [0.15, 0.2) is 0 Å². The molecule has 3 aromatic rings. The van der Waals surface area contributed by atoms with Gasteiger partial charge < -0.3 is 9.88 Å². The Hall–Kier alpha value is -2.17. The molecule has 1 N–H and O–H groups in total. The predicted octanol–water partition coefficient (Wildman–Crippen LogP) is 5.25. The molecule has 0 radical (unpaired) electrons. The average Bonchev–Trinajstić information content (AvgIpc) is 3.25. The molecule has 1 atom stereocenters. The van der Waals surface area contributed by atoms with E-state index in [1.165, 1.54) is 0 Å². The maximum absolute atomic E-state index is 12.8. The summed E-state index contributed by atoms with van der Waals surface area (Å²) in [7, 11) is -2.33. The first-order valence-electron chi connectivity index (χ1n) is 10.3. The summed E-state index contributed by atoms with van der Waals surface area (Å²) in [5.41, 5.74) is 2.22. The molecule has 1 saturated carbocycles. The summed E-state index contributed by atoms with van der Waals surface area (Å²) in [5, 5.41) is 5.07. The fraction of sp³-hybridized carbons (Fsp3) is 0.409. The Labute approximate surface area is 181 Å². The Kier molecular flexibility index (Phi) is 5.73. The standard InChI is InChI=1S/C22H26ClN4O2P/c1-4-30(3,29)17-9-10-19(14(2)11-17)25-22-24-13-15-12-18(23)21(28)27(20(15)26-22)16-7-5-6-8-16/h9-13,16H,4-8H2,1-3H3,(H,24,25,26). The van der Waals surface area contributed by atoms with E-state index < -0.39 is 7.14 Å². The van der Waals surface area contributed by atoms with Crippen LogP contribution in [0.5, 0.6) is 0 Å². The van der Waals surface area contributed by atoms with Gasteiger partial charge in [0, 0.05) is 34.8 Å². The lowest BCUT2D eigenvalue weighted by atomic mass is 10.2. The van der Waals surface area contributed by atoms with Crippen LogP contribution in [0.2, 0.25) is 5.02 Å². The molecule has 1 aromatic carbocycles. The number of aryl methyl sites for hydroxylation is 1. The predicted molar refractivity (Wildman–Crippen MR) is 124 cm³/mol. The number of hydrogen-bond donors (Lipinski definition) is 1. The number of nitrogens with zero attached hydrogens (tertiary/aromatic N) is 3. The Bertz CT molecular complexity index is 1220. The second-order valence-corrected chi connectivity index (χ2v) is 11.9. The molecule has 0 amide bonds. The van der Waals surface area contributed by atoms with Crippen molar-refractivity contribution < 1.29 is 4.57 Å². The molecule has 0 aliphatic heterocycles. The van der Waals surface area contributed by atoms with Gasteiger partial charge >= 0.3 is 0 Å². The van der Waals surface area contributed by atoms with E-state index in [0.717, 1.165) is 47.6 Å². The van der Waals surface area contributed by atoms with Crippen LogP contribution in [-0.4, -0.2) is 27.4 Å². The summed E-state index contributed by atoms with van der Waals surface area (Å²) >= 11 is 6.20. The van der Waals surface area contributed by atoms with E-state index in [1.54, 1.807) is 16.8 Å². The number of nitrogens with one attached hydrogen (secondary N) is 1. The maximum Gasteiger partial charge on any atom is 0.271 e. The third-order valence-electron chi connectivity index (χ3n) is 6.03. The molecule has 1 unspecified atom stereocenters. The van der Waals surface area contributed by atoms with E-state index in [-0.39, 0.29) is 16.6 Å². The Morgan fingerprint density at radius 2 is 2.00 bits per heavy atom. The summed E-state index contributed by atoms with van der Waals surface area (Å²) in [4.78, 5) is 21.9. The van der Waals surface area contributed by atoms with Crippen LogP contribution in [0.1, 0.15) is 44.2 Å². The largest absolute Gasteiger partial charge is 0.324 e. The number of aromatic nitrogens is 3. The topological polar surface area (TPSA) is 76.9 Å². The van der Waals surface area contributed by atoms with Gasteiger partial charge in [0.25, 0.3) is 5.56 Å². The second-order valence-electron chi connectivity index (χ2n) is 8.12. The smallest absolute Gasteiger partial charge is 0.271 e. The van der Waals surface area contributed by atoms with Gasteiger partial charge in [-0.2, -0.15) is 4.98 Å². The normalized spacial score (nSPS) is 16.7. The fourth-order valence-corrected chi connectivity index (χ4v) is 5.46. The Balaban J connectivity index is 1.74. The van der Waals surface area contributed by atoms with E-state index in [2.05, 4.69) is 15.3 Å². The lowest BCUT2D eigenvalue weighted by Gasteiger charge is -2.17. The number of rotatable bonds is 5. The summed E-state index contributed by atoms with van der Waals surface area (Å²) in [6.07, 6.45) is 6.45. The Morgan fingerprint density at radius 1 is 1.27 bits per heavy atom. The van der Waals surface area contributed by atoms with E-state index in [0.29, 0.717) is 17.8 Å². The van der Waals surface area contributed by atoms with Crippen molar-refractivity contribution in [2.75, 3.05) is 18.1 Å². The molecule has 158 valence electrons. The molecule has 2 heterocycles. The fourth-order valence-electron chi connectivity index (χ4n) is 4.03. The molecule has 4 rings (SSSR count). The summed E-state index contributed by atoms with van der Waals surface area (Å²) in [6, 6.07) is 7.53. The molecular formula is C22H26ClN4O2P. The van der Waals surface area contributed by atoms with Crippen molar-refractivity contribution in [2.24, 2.45) is 0 Å². The number of fused-ring (bicyclic) bond motifs is 1. The van der Waals surface area contributed by atoms with Gasteiger partial charge in [0.05, 0.1) is 0 Å². The van der Waals surface area contributed by atoms with Gasteiger partial charge in [-0.05, 0) is 56.3 Å². The van der Waals surface area contributed by atoms with Gasteiger partial charge in [0.1, 0.15) is 17.8 Å². The van der Waals surface area contributed by atoms with Gasteiger partial charge in [-0.15, -0.1) is 0 Å². The minimum atomic E-state index is -2.33. The van der Waals surface area contributed by atoms with Crippen LogP contribution in [0.25, 0.3) is 11.0 Å².